The molecule has 0 aliphatic heterocycles. The number of nitrogens with zero attached hydrogens (tertiary/aromatic N) is 2. The maximum atomic E-state index is 12.8. The van der Waals surface area contributed by atoms with E-state index in [4.69, 9.17) is 4.42 Å². The number of carbonyl (C=O) groups excluding carboxylic acids is 2. The second-order valence-corrected chi connectivity index (χ2v) is 9.63. The monoisotopic (exact) mass is 396 g/mol. The average Bonchev–Trinajstić information content (AvgIpc) is 2.98. The lowest BCUT2D eigenvalue weighted by atomic mass is 9.97. The minimum absolute atomic E-state index is 0.0437. The number of hydrogen-bond acceptors (Lipinski definition) is 5. The first-order chi connectivity index (χ1) is 12.9. The molecule has 0 spiro atoms. The molecule has 0 unspecified atom stereocenters. The number of rotatable bonds is 7. The lowest BCUT2D eigenvalue weighted by molar-refractivity contribution is -0.640. The summed E-state index contributed by atoms with van der Waals surface area (Å²) in [5, 5.41) is 7.98. The van der Waals surface area contributed by atoms with E-state index < -0.39 is 0 Å². The van der Waals surface area contributed by atoms with Crippen molar-refractivity contribution in [1.29, 1.82) is 0 Å². The molecule has 1 fully saturated rings. The van der Waals surface area contributed by atoms with Gasteiger partial charge in [-0.25, -0.2) is 5.32 Å². The van der Waals surface area contributed by atoms with E-state index >= 15 is 0 Å². The van der Waals surface area contributed by atoms with Gasteiger partial charge in [-0.15, -0.1) is 0 Å². The Labute approximate surface area is 166 Å². The van der Waals surface area contributed by atoms with E-state index in [9.17, 15) is 9.59 Å². The summed E-state index contributed by atoms with van der Waals surface area (Å²) in [5.41, 5.74) is 0. The molecular formula is C20H34N3O3S+. The van der Waals surface area contributed by atoms with Crippen LogP contribution in [-0.2, 0) is 0 Å². The van der Waals surface area contributed by atoms with Crippen LogP contribution in [0.3, 0.4) is 0 Å². The van der Waals surface area contributed by atoms with Crippen molar-refractivity contribution < 1.29 is 18.7 Å². The fraction of sp³-hybridized carbons (Fsp3) is 0.800. The van der Waals surface area contributed by atoms with Crippen LogP contribution in [0, 0.1) is 5.92 Å². The number of amides is 1. The van der Waals surface area contributed by atoms with Crippen LogP contribution in [0.15, 0.2) is 9.64 Å². The predicted molar refractivity (Wildman–Crippen MR) is 106 cm³/mol. The molecule has 27 heavy (non-hydrogen) atoms. The Morgan fingerprint density at radius 3 is 2.37 bits per heavy atom. The molecular weight excluding hydrogens is 362 g/mol. The summed E-state index contributed by atoms with van der Waals surface area (Å²) in [5.74, 6) is 0.292. The van der Waals surface area contributed by atoms with Crippen molar-refractivity contribution in [3.63, 3.8) is 0 Å². The summed E-state index contributed by atoms with van der Waals surface area (Å²) in [6.07, 6.45) is 9.05. The molecule has 1 amide bonds. The highest BCUT2D eigenvalue weighted by molar-refractivity contribution is 7.99. The van der Waals surface area contributed by atoms with E-state index in [0.29, 0.717) is 17.6 Å². The summed E-state index contributed by atoms with van der Waals surface area (Å²) in [4.78, 5) is 25.5. The normalized spacial score (nSPS) is 16.4. The third kappa shape index (κ3) is 7.28. The molecule has 1 aliphatic carbocycles. The molecule has 152 valence electrons. The lowest BCUT2D eigenvalue weighted by Gasteiger charge is -2.15. The van der Waals surface area contributed by atoms with Crippen molar-refractivity contribution >= 4 is 23.6 Å². The molecule has 0 radical (unpaired) electrons. The van der Waals surface area contributed by atoms with Gasteiger partial charge in [-0.05, 0) is 47.8 Å². The molecule has 1 aromatic rings. The van der Waals surface area contributed by atoms with Crippen molar-refractivity contribution in [3.05, 3.63) is 5.89 Å². The SMILES string of the molecule is CC(C)CCC(=O)c1oc(SC(C)C)n[n+]1C(=O)NC1CCCCCCC1. The Morgan fingerprint density at radius 1 is 1.15 bits per heavy atom. The van der Waals surface area contributed by atoms with Crippen LogP contribution in [0.4, 0.5) is 4.79 Å². The van der Waals surface area contributed by atoms with Crippen LogP contribution >= 0.6 is 11.8 Å². The minimum atomic E-state index is -0.354. The van der Waals surface area contributed by atoms with Gasteiger partial charge in [-0.3, -0.25) is 4.79 Å². The van der Waals surface area contributed by atoms with E-state index in [1.165, 1.54) is 31.0 Å². The maximum absolute atomic E-state index is 12.8. The van der Waals surface area contributed by atoms with Crippen molar-refractivity contribution in [2.24, 2.45) is 5.92 Å². The average molecular weight is 397 g/mol. The molecule has 7 heteroatoms. The topological polar surface area (TPSA) is 76.1 Å². The maximum Gasteiger partial charge on any atom is 0.520 e. The number of nitrogens with one attached hydrogen (secondary N) is 1. The number of carbonyl (C=O) groups is 2. The Hall–Kier alpha value is -1.37. The lowest BCUT2D eigenvalue weighted by Crippen LogP contribution is -2.57. The highest BCUT2D eigenvalue weighted by atomic mass is 32.2. The van der Waals surface area contributed by atoms with Gasteiger partial charge in [0.2, 0.25) is 5.78 Å². The first-order valence-electron chi connectivity index (χ1n) is 10.3. The largest absolute Gasteiger partial charge is 0.520 e. The zero-order valence-corrected chi connectivity index (χ0v) is 17.9. The van der Waals surface area contributed by atoms with E-state index in [2.05, 4.69) is 24.3 Å². The van der Waals surface area contributed by atoms with Crippen LogP contribution in [0.5, 0.6) is 0 Å². The summed E-state index contributed by atoms with van der Waals surface area (Å²) < 4.78 is 6.82. The third-order valence-electron chi connectivity index (χ3n) is 4.71. The van der Waals surface area contributed by atoms with Gasteiger partial charge >= 0.3 is 11.9 Å². The molecule has 0 saturated heterocycles. The second-order valence-electron chi connectivity index (χ2n) is 8.10. The van der Waals surface area contributed by atoms with Crippen LogP contribution in [0.1, 0.15) is 96.2 Å². The van der Waals surface area contributed by atoms with Gasteiger partial charge in [0.05, 0.1) is 6.04 Å². The van der Waals surface area contributed by atoms with Crippen molar-refractivity contribution in [3.8, 4) is 0 Å². The third-order valence-corrected chi connectivity index (χ3v) is 5.54. The van der Waals surface area contributed by atoms with Crippen LogP contribution < -0.4 is 10.00 Å². The van der Waals surface area contributed by atoms with Crippen LogP contribution in [0.2, 0.25) is 0 Å². The Morgan fingerprint density at radius 2 is 1.78 bits per heavy atom. The van der Waals surface area contributed by atoms with Gasteiger partial charge < -0.3 is 4.42 Å². The molecule has 1 saturated carbocycles. The highest BCUT2D eigenvalue weighted by Crippen LogP contribution is 2.22. The summed E-state index contributed by atoms with van der Waals surface area (Å²) in [6.45, 7) is 8.19. The van der Waals surface area contributed by atoms with E-state index in [-0.39, 0.29) is 29.0 Å². The number of hydrogen-bond donors (Lipinski definition) is 1. The quantitative estimate of drug-likeness (QED) is 0.409. The summed E-state index contributed by atoms with van der Waals surface area (Å²) >= 11 is 1.41. The molecule has 0 atom stereocenters. The summed E-state index contributed by atoms with van der Waals surface area (Å²) in [7, 11) is 0. The van der Waals surface area contributed by atoms with Gasteiger partial charge in [0.15, 0.2) is 0 Å². The Kier molecular flexibility index (Phi) is 8.80. The highest BCUT2D eigenvalue weighted by Gasteiger charge is 2.33. The van der Waals surface area contributed by atoms with E-state index in [1.54, 1.807) is 0 Å². The first-order valence-corrected chi connectivity index (χ1v) is 11.2. The molecule has 2 rings (SSSR count). The van der Waals surface area contributed by atoms with Crippen LogP contribution in [0.25, 0.3) is 0 Å². The van der Waals surface area contributed by atoms with Crippen molar-refractivity contribution in [2.75, 3.05) is 0 Å². The zero-order valence-electron chi connectivity index (χ0n) is 17.1. The smallest absolute Gasteiger partial charge is 0.390 e. The number of ketones is 1. The Bertz CT molecular complexity index is 620. The number of thioether (sulfide) groups is 1. The molecule has 1 heterocycles. The minimum Gasteiger partial charge on any atom is -0.390 e. The fourth-order valence-corrected chi connectivity index (χ4v) is 3.86. The van der Waals surface area contributed by atoms with Gasteiger partial charge in [-0.1, -0.05) is 58.7 Å². The number of Topliss-reactive ketones (excluding diaryl/α,β-unsaturated/α-hetero) is 1. The number of aromatic nitrogens is 2. The van der Waals surface area contributed by atoms with Gasteiger partial charge in [-0.2, -0.15) is 4.79 Å². The standard InChI is InChI=1S/C20H33N3O3S/c1-14(2)12-13-17(24)18-23(22-20(26-18)27-15(3)4)19(25)21-16-10-8-6-5-7-9-11-16/h14-16H,5-13H2,1-4H3/p+1. The first kappa shape index (κ1) is 21.9. The second kappa shape index (κ2) is 10.8. The molecule has 6 nitrogen and oxygen atoms in total. The fourth-order valence-electron chi connectivity index (χ4n) is 3.20. The molecule has 1 N–H and O–H groups in total. The molecule has 1 aliphatic rings. The van der Waals surface area contributed by atoms with Crippen molar-refractivity contribution in [2.45, 2.75) is 102 Å². The summed E-state index contributed by atoms with van der Waals surface area (Å²) in [6, 6.07) is -0.213. The Balaban J connectivity index is 2.14. The zero-order chi connectivity index (χ0) is 19.8. The van der Waals surface area contributed by atoms with E-state index in [0.717, 1.165) is 36.8 Å². The predicted octanol–water partition coefficient (Wildman–Crippen LogP) is 4.75. The molecule has 0 bridgehead atoms. The van der Waals surface area contributed by atoms with Crippen LogP contribution in [-0.4, -0.2) is 28.2 Å². The van der Waals surface area contributed by atoms with Crippen molar-refractivity contribution in [1.82, 2.24) is 10.4 Å². The van der Waals surface area contributed by atoms with Gasteiger partial charge in [0.25, 0.3) is 5.22 Å². The molecule has 1 aromatic heterocycles. The van der Waals surface area contributed by atoms with E-state index in [1.807, 2.05) is 13.8 Å². The van der Waals surface area contributed by atoms with Gasteiger partial charge in [0.1, 0.15) is 0 Å². The molecule has 0 aromatic carbocycles. The van der Waals surface area contributed by atoms with Gasteiger partial charge in [0, 0.05) is 11.7 Å².